The van der Waals surface area contributed by atoms with E-state index in [9.17, 15) is 14.7 Å². The molecule has 3 atom stereocenters. The molecule has 0 aromatic carbocycles. The number of aliphatic hydroxyl groups is 1. The molecule has 0 aromatic rings. The van der Waals surface area contributed by atoms with E-state index in [1.54, 1.807) is 0 Å². The summed E-state index contributed by atoms with van der Waals surface area (Å²) in [5.41, 5.74) is 0. The van der Waals surface area contributed by atoms with Crippen molar-refractivity contribution in [2.75, 3.05) is 13.6 Å². The Kier molecular flexibility index (Phi) is 9.56. The molecule has 1 saturated heterocycles. The van der Waals surface area contributed by atoms with Crippen LogP contribution in [0.4, 0.5) is 0 Å². The average Bonchev–Trinajstić information content (AvgIpc) is 2.50. The van der Waals surface area contributed by atoms with Gasteiger partial charge in [0.1, 0.15) is 6.29 Å². The number of ketones is 1. The summed E-state index contributed by atoms with van der Waals surface area (Å²) >= 11 is 0. The molecule has 1 N–H and O–H groups in total. The lowest BCUT2D eigenvalue weighted by Gasteiger charge is -2.33. The molecule has 4 heteroatoms. The molecule has 22 heavy (non-hydrogen) atoms. The lowest BCUT2D eigenvalue weighted by Crippen LogP contribution is -2.50. The quantitative estimate of drug-likeness (QED) is 0.811. The number of likely N-dealkylation sites (N-methyl/N-ethyl adjacent to an activating group) is 1. The Hall–Kier alpha value is -0.740. The van der Waals surface area contributed by atoms with E-state index in [1.165, 1.54) is 32.1 Å². The van der Waals surface area contributed by atoms with Gasteiger partial charge in [-0.1, -0.05) is 45.4 Å². The third kappa shape index (κ3) is 6.57. The fourth-order valence-electron chi connectivity index (χ4n) is 3.31. The SMILES string of the molecule is CC(CC=O)C(O)C1C(=O)CCCCCCCCCCN1C. The topological polar surface area (TPSA) is 57.6 Å². The minimum atomic E-state index is -0.757. The molecule has 1 heterocycles. The molecular weight excluding hydrogens is 278 g/mol. The zero-order valence-corrected chi connectivity index (χ0v) is 14.3. The van der Waals surface area contributed by atoms with Crippen LogP contribution in [0.5, 0.6) is 0 Å². The van der Waals surface area contributed by atoms with E-state index in [1.807, 2.05) is 18.9 Å². The van der Waals surface area contributed by atoms with Gasteiger partial charge >= 0.3 is 0 Å². The smallest absolute Gasteiger partial charge is 0.152 e. The summed E-state index contributed by atoms with van der Waals surface area (Å²) in [6, 6.07) is -0.462. The van der Waals surface area contributed by atoms with Gasteiger partial charge in [-0.3, -0.25) is 9.69 Å². The zero-order chi connectivity index (χ0) is 16.4. The number of aliphatic hydroxyl groups excluding tert-OH is 1. The van der Waals surface area contributed by atoms with E-state index in [0.29, 0.717) is 12.8 Å². The number of aldehydes is 1. The summed E-state index contributed by atoms with van der Waals surface area (Å²) in [4.78, 5) is 25.3. The van der Waals surface area contributed by atoms with Crippen molar-refractivity contribution in [3.05, 3.63) is 0 Å². The van der Waals surface area contributed by atoms with Crippen LogP contribution in [-0.2, 0) is 9.59 Å². The van der Waals surface area contributed by atoms with E-state index in [4.69, 9.17) is 0 Å². The maximum Gasteiger partial charge on any atom is 0.152 e. The summed E-state index contributed by atoms with van der Waals surface area (Å²) in [6.45, 7) is 2.68. The second-order valence-corrected chi connectivity index (χ2v) is 6.84. The van der Waals surface area contributed by atoms with E-state index >= 15 is 0 Å². The fourth-order valence-corrected chi connectivity index (χ4v) is 3.31. The molecule has 0 amide bonds. The standard InChI is InChI=1S/C18H33NO3/c1-15(12-14-20)18(22)17-16(21)11-9-7-5-3-4-6-8-10-13-19(17)2/h14-15,17-18,22H,3-13H2,1-2H3. The van der Waals surface area contributed by atoms with Crippen molar-refractivity contribution >= 4 is 12.1 Å². The summed E-state index contributed by atoms with van der Waals surface area (Å²) in [7, 11) is 1.93. The first-order valence-electron chi connectivity index (χ1n) is 8.92. The lowest BCUT2D eigenvalue weighted by atomic mass is 9.90. The van der Waals surface area contributed by atoms with Gasteiger partial charge in [0.05, 0.1) is 12.1 Å². The van der Waals surface area contributed by atoms with Crippen LogP contribution in [0.15, 0.2) is 0 Å². The average molecular weight is 311 g/mol. The number of nitrogens with zero attached hydrogens (tertiary/aromatic N) is 1. The molecule has 0 aliphatic carbocycles. The van der Waals surface area contributed by atoms with Crippen molar-refractivity contribution < 1.29 is 14.7 Å². The summed E-state index contributed by atoms with van der Waals surface area (Å²) in [6.07, 6.45) is 10.2. The number of carbonyl (C=O) groups excluding carboxylic acids is 2. The largest absolute Gasteiger partial charge is 0.391 e. The monoisotopic (exact) mass is 311 g/mol. The molecule has 1 fully saturated rings. The van der Waals surface area contributed by atoms with Crippen LogP contribution in [0.3, 0.4) is 0 Å². The van der Waals surface area contributed by atoms with Crippen LogP contribution in [0.25, 0.3) is 0 Å². The highest BCUT2D eigenvalue weighted by molar-refractivity contribution is 5.84. The van der Waals surface area contributed by atoms with Gasteiger partial charge in [0.15, 0.2) is 5.78 Å². The van der Waals surface area contributed by atoms with Gasteiger partial charge in [-0.15, -0.1) is 0 Å². The summed E-state index contributed by atoms with van der Waals surface area (Å²) < 4.78 is 0. The van der Waals surface area contributed by atoms with Gasteiger partial charge in [-0.25, -0.2) is 0 Å². The van der Waals surface area contributed by atoms with Crippen LogP contribution >= 0.6 is 0 Å². The first-order valence-corrected chi connectivity index (χ1v) is 8.92. The highest BCUT2D eigenvalue weighted by Gasteiger charge is 2.33. The lowest BCUT2D eigenvalue weighted by molar-refractivity contribution is -0.130. The first kappa shape index (κ1) is 19.3. The van der Waals surface area contributed by atoms with Crippen LogP contribution in [0, 0.1) is 5.92 Å². The molecular formula is C18H33NO3. The predicted molar refractivity (Wildman–Crippen MR) is 88.8 cm³/mol. The molecule has 4 nitrogen and oxygen atoms in total. The summed E-state index contributed by atoms with van der Waals surface area (Å²) in [5.74, 6) is -0.0448. The Morgan fingerprint density at radius 3 is 2.27 bits per heavy atom. The predicted octanol–water partition coefficient (Wildman–Crippen LogP) is 2.97. The fraction of sp³-hybridized carbons (Fsp3) is 0.889. The molecule has 0 saturated carbocycles. The number of Topliss-reactive ketones (excluding diaryl/α,β-unsaturated/α-hetero) is 1. The van der Waals surface area contributed by atoms with Crippen LogP contribution < -0.4 is 0 Å². The molecule has 1 rings (SSSR count). The van der Waals surface area contributed by atoms with Gasteiger partial charge in [-0.05, 0) is 32.4 Å². The van der Waals surface area contributed by atoms with Crippen molar-refractivity contribution in [1.82, 2.24) is 4.90 Å². The van der Waals surface area contributed by atoms with Gasteiger partial charge in [0.25, 0.3) is 0 Å². The Morgan fingerprint density at radius 2 is 1.68 bits per heavy atom. The zero-order valence-electron chi connectivity index (χ0n) is 14.3. The van der Waals surface area contributed by atoms with Crippen LogP contribution in [0.1, 0.15) is 71.1 Å². The van der Waals surface area contributed by atoms with Gasteiger partial charge in [-0.2, -0.15) is 0 Å². The second kappa shape index (κ2) is 10.9. The van der Waals surface area contributed by atoms with Gasteiger partial charge in [0.2, 0.25) is 0 Å². The third-order valence-corrected chi connectivity index (χ3v) is 4.86. The second-order valence-electron chi connectivity index (χ2n) is 6.84. The van der Waals surface area contributed by atoms with Crippen LogP contribution in [0.2, 0.25) is 0 Å². The Balaban J connectivity index is 2.74. The Morgan fingerprint density at radius 1 is 1.14 bits per heavy atom. The molecule has 3 unspecified atom stereocenters. The van der Waals surface area contributed by atoms with E-state index < -0.39 is 12.1 Å². The highest BCUT2D eigenvalue weighted by atomic mass is 16.3. The van der Waals surface area contributed by atoms with E-state index in [0.717, 1.165) is 32.1 Å². The number of hydrogen-bond donors (Lipinski definition) is 1. The van der Waals surface area contributed by atoms with Crippen molar-refractivity contribution in [3.63, 3.8) is 0 Å². The highest BCUT2D eigenvalue weighted by Crippen LogP contribution is 2.20. The minimum absolute atomic E-state index is 0.131. The molecule has 1 aliphatic heterocycles. The third-order valence-electron chi connectivity index (χ3n) is 4.86. The summed E-state index contributed by atoms with van der Waals surface area (Å²) in [5, 5.41) is 10.6. The normalized spacial score (nSPS) is 26.3. The number of hydrogen-bond acceptors (Lipinski definition) is 4. The Bertz CT molecular complexity index is 332. The van der Waals surface area contributed by atoms with E-state index in [2.05, 4.69) is 0 Å². The first-order chi connectivity index (χ1) is 10.6. The van der Waals surface area contributed by atoms with Crippen LogP contribution in [-0.4, -0.2) is 47.8 Å². The Labute approximate surface area is 135 Å². The van der Waals surface area contributed by atoms with Crippen molar-refractivity contribution in [1.29, 1.82) is 0 Å². The molecule has 0 spiro atoms. The molecule has 0 radical (unpaired) electrons. The molecule has 128 valence electrons. The van der Waals surface area contributed by atoms with Gasteiger partial charge < -0.3 is 9.90 Å². The molecule has 0 aromatic heterocycles. The van der Waals surface area contributed by atoms with Gasteiger partial charge in [0, 0.05) is 12.8 Å². The maximum atomic E-state index is 12.6. The molecule has 1 aliphatic rings. The van der Waals surface area contributed by atoms with Crippen molar-refractivity contribution in [2.45, 2.75) is 83.3 Å². The molecule has 0 bridgehead atoms. The number of carbonyl (C=O) groups is 2. The minimum Gasteiger partial charge on any atom is -0.391 e. The van der Waals surface area contributed by atoms with Crippen molar-refractivity contribution in [3.8, 4) is 0 Å². The number of rotatable bonds is 4. The maximum absolute atomic E-state index is 12.6. The van der Waals surface area contributed by atoms with Crippen molar-refractivity contribution in [2.24, 2.45) is 5.92 Å². The van der Waals surface area contributed by atoms with E-state index in [-0.39, 0.29) is 11.7 Å².